The summed E-state index contributed by atoms with van der Waals surface area (Å²) in [5.41, 5.74) is 2.13. The monoisotopic (exact) mass is 369 g/mol. The van der Waals surface area contributed by atoms with E-state index in [9.17, 15) is 9.59 Å². The van der Waals surface area contributed by atoms with Gasteiger partial charge in [-0.3, -0.25) is 4.79 Å². The molecule has 0 spiro atoms. The Morgan fingerprint density at radius 1 is 1.15 bits per heavy atom. The minimum Gasteiger partial charge on any atom is -0.494 e. The Balaban J connectivity index is 1.58. The van der Waals surface area contributed by atoms with E-state index in [1.54, 1.807) is 24.3 Å². The first-order chi connectivity index (χ1) is 13.0. The van der Waals surface area contributed by atoms with Crippen molar-refractivity contribution in [2.75, 3.05) is 18.5 Å². The zero-order chi connectivity index (χ0) is 19.4. The van der Waals surface area contributed by atoms with Crippen molar-refractivity contribution in [2.45, 2.75) is 20.8 Å². The quantitative estimate of drug-likeness (QED) is 0.662. The SMILES string of the molecule is CCOc1ccc(NC(=O)COC(=O)c2nc3nc(C)cc(C)n3n2)cc1. The number of fused-ring (bicyclic) bond motifs is 1. The number of esters is 1. The highest BCUT2D eigenvalue weighted by Crippen LogP contribution is 2.15. The zero-order valence-electron chi connectivity index (χ0n) is 15.2. The number of anilines is 1. The van der Waals surface area contributed by atoms with Gasteiger partial charge in [-0.05, 0) is 51.1 Å². The molecule has 0 saturated carbocycles. The van der Waals surface area contributed by atoms with Crippen molar-refractivity contribution in [3.05, 3.63) is 47.5 Å². The standard InChI is InChI=1S/C18H19N5O4/c1-4-26-14-7-5-13(6-8-14)20-15(24)10-27-17(25)16-21-18-19-11(2)9-12(3)23(18)22-16/h5-9H,4,10H2,1-3H3,(H,20,24). The number of aryl methyl sites for hydroxylation is 2. The first kappa shape index (κ1) is 18.3. The lowest BCUT2D eigenvalue weighted by atomic mass is 10.3. The third-order valence-corrected chi connectivity index (χ3v) is 3.58. The van der Waals surface area contributed by atoms with Gasteiger partial charge in [0, 0.05) is 17.1 Å². The molecule has 0 aliphatic rings. The average Bonchev–Trinajstić information content (AvgIpc) is 3.06. The second-order valence-corrected chi connectivity index (χ2v) is 5.77. The summed E-state index contributed by atoms with van der Waals surface area (Å²) in [6, 6.07) is 8.70. The first-order valence-corrected chi connectivity index (χ1v) is 8.37. The van der Waals surface area contributed by atoms with Gasteiger partial charge in [0.25, 0.3) is 17.5 Å². The van der Waals surface area contributed by atoms with E-state index in [4.69, 9.17) is 9.47 Å². The second kappa shape index (κ2) is 7.81. The van der Waals surface area contributed by atoms with Crippen LogP contribution >= 0.6 is 0 Å². The predicted octanol–water partition coefficient (Wildman–Crippen LogP) is 1.94. The van der Waals surface area contributed by atoms with Gasteiger partial charge < -0.3 is 14.8 Å². The van der Waals surface area contributed by atoms with E-state index < -0.39 is 18.5 Å². The Morgan fingerprint density at radius 3 is 2.59 bits per heavy atom. The lowest BCUT2D eigenvalue weighted by Gasteiger charge is -2.07. The Hall–Kier alpha value is -3.49. The predicted molar refractivity (Wildman–Crippen MR) is 96.8 cm³/mol. The topological polar surface area (TPSA) is 108 Å². The van der Waals surface area contributed by atoms with Crippen LogP contribution in [0.3, 0.4) is 0 Å². The van der Waals surface area contributed by atoms with Crippen LogP contribution in [0.5, 0.6) is 5.75 Å². The first-order valence-electron chi connectivity index (χ1n) is 8.37. The summed E-state index contributed by atoms with van der Waals surface area (Å²) in [5, 5.41) is 6.70. The lowest BCUT2D eigenvalue weighted by molar-refractivity contribution is -0.119. The summed E-state index contributed by atoms with van der Waals surface area (Å²) in [5.74, 6) is -0.400. The van der Waals surface area contributed by atoms with Crippen molar-refractivity contribution in [3.63, 3.8) is 0 Å². The molecule has 1 amide bonds. The van der Waals surface area contributed by atoms with Crippen LogP contribution in [0.4, 0.5) is 5.69 Å². The Kier molecular flexibility index (Phi) is 5.30. The van der Waals surface area contributed by atoms with E-state index in [-0.39, 0.29) is 5.82 Å². The number of rotatable bonds is 6. The molecule has 0 bridgehead atoms. The highest BCUT2D eigenvalue weighted by molar-refractivity contribution is 5.94. The van der Waals surface area contributed by atoms with E-state index >= 15 is 0 Å². The molecular weight excluding hydrogens is 350 g/mol. The molecule has 3 aromatic rings. The number of carbonyl (C=O) groups excluding carboxylic acids is 2. The molecule has 0 radical (unpaired) electrons. The fourth-order valence-electron chi connectivity index (χ4n) is 2.45. The molecule has 0 aliphatic heterocycles. The number of nitrogens with zero attached hydrogens (tertiary/aromatic N) is 4. The molecule has 3 rings (SSSR count). The molecule has 2 heterocycles. The number of hydrogen-bond donors (Lipinski definition) is 1. The molecule has 1 aromatic carbocycles. The maximum atomic E-state index is 12.1. The summed E-state index contributed by atoms with van der Waals surface area (Å²) in [6.45, 7) is 5.65. The second-order valence-electron chi connectivity index (χ2n) is 5.77. The largest absolute Gasteiger partial charge is 0.494 e. The van der Waals surface area contributed by atoms with Crippen molar-refractivity contribution >= 4 is 23.3 Å². The normalized spacial score (nSPS) is 10.6. The number of carbonyl (C=O) groups is 2. The van der Waals surface area contributed by atoms with Crippen LogP contribution in [0.15, 0.2) is 30.3 Å². The van der Waals surface area contributed by atoms with Crippen molar-refractivity contribution in [1.82, 2.24) is 19.6 Å². The van der Waals surface area contributed by atoms with E-state index in [1.807, 2.05) is 26.8 Å². The van der Waals surface area contributed by atoms with E-state index in [0.29, 0.717) is 23.8 Å². The van der Waals surface area contributed by atoms with Crippen molar-refractivity contribution < 1.29 is 19.1 Å². The fraction of sp³-hybridized carbons (Fsp3) is 0.278. The number of ether oxygens (including phenoxy) is 2. The molecule has 2 aromatic heterocycles. The number of nitrogens with one attached hydrogen (secondary N) is 1. The molecule has 0 fully saturated rings. The van der Waals surface area contributed by atoms with Gasteiger partial charge >= 0.3 is 5.97 Å². The summed E-state index contributed by atoms with van der Waals surface area (Å²) in [7, 11) is 0. The van der Waals surface area contributed by atoms with Crippen LogP contribution in [0.1, 0.15) is 28.9 Å². The fourth-order valence-corrected chi connectivity index (χ4v) is 2.45. The molecule has 9 nitrogen and oxygen atoms in total. The Morgan fingerprint density at radius 2 is 1.89 bits per heavy atom. The van der Waals surface area contributed by atoms with Crippen LogP contribution < -0.4 is 10.1 Å². The molecule has 0 unspecified atom stereocenters. The maximum Gasteiger partial charge on any atom is 0.378 e. The van der Waals surface area contributed by atoms with Crippen LogP contribution in [-0.2, 0) is 9.53 Å². The van der Waals surface area contributed by atoms with Gasteiger partial charge in [-0.25, -0.2) is 14.3 Å². The smallest absolute Gasteiger partial charge is 0.378 e. The molecule has 27 heavy (non-hydrogen) atoms. The van der Waals surface area contributed by atoms with Gasteiger partial charge in [0.2, 0.25) is 0 Å². The number of aromatic nitrogens is 4. The number of benzene rings is 1. The van der Waals surface area contributed by atoms with Gasteiger partial charge in [-0.2, -0.15) is 4.98 Å². The van der Waals surface area contributed by atoms with Crippen molar-refractivity contribution in [3.8, 4) is 5.75 Å². The molecule has 0 aliphatic carbocycles. The van der Waals surface area contributed by atoms with Crippen molar-refractivity contribution in [1.29, 1.82) is 0 Å². The van der Waals surface area contributed by atoms with E-state index in [1.165, 1.54) is 4.52 Å². The van der Waals surface area contributed by atoms with Gasteiger partial charge in [0.1, 0.15) is 5.75 Å². The van der Waals surface area contributed by atoms with Crippen molar-refractivity contribution in [2.24, 2.45) is 0 Å². The van der Waals surface area contributed by atoms with Gasteiger partial charge in [0.05, 0.1) is 6.61 Å². The minimum absolute atomic E-state index is 0.148. The van der Waals surface area contributed by atoms with E-state index in [0.717, 1.165) is 11.4 Å². The summed E-state index contributed by atoms with van der Waals surface area (Å²) in [6.07, 6.45) is 0. The van der Waals surface area contributed by atoms with Crippen LogP contribution in [0.25, 0.3) is 5.78 Å². The van der Waals surface area contributed by atoms with Gasteiger partial charge in [0.15, 0.2) is 6.61 Å². The summed E-state index contributed by atoms with van der Waals surface area (Å²) in [4.78, 5) is 32.3. The molecule has 1 N–H and O–H groups in total. The Bertz CT molecular complexity index is 981. The number of amides is 1. The molecular formula is C18H19N5O4. The summed E-state index contributed by atoms with van der Waals surface area (Å²) < 4.78 is 11.8. The van der Waals surface area contributed by atoms with Crippen LogP contribution in [-0.4, -0.2) is 44.7 Å². The average molecular weight is 369 g/mol. The van der Waals surface area contributed by atoms with Crippen LogP contribution in [0, 0.1) is 13.8 Å². The third kappa shape index (κ3) is 4.38. The minimum atomic E-state index is -0.792. The highest BCUT2D eigenvalue weighted by atomic mass is 16.5. The van der Waals surface area contributed by atoms with Gasteiger partial charge in [-0.15, -0.1) is 5.10 Å². The summed E-state index contributed by atoms with van der Waals surface area (Å²) >= 11 is 0. The van der Waals surface area contributed by atoms with E-state index in [2.05, 4.69) is 20.4 Å². The van der Waals surface area contributed by atoms with Crippen LogP contribution in [0.2, 0.25) is 0 Å². The lowest BCUT2D eigenvalue weighted by Crippen LogP contribution is -2.21. The molecule has 0 saturated heterocycles. The van der Waals surface area contributed by atoms with Gasteiger partial charge in [-0.1, -0.05) is 0 Å². The maximum absolute atomic E-state index is 12.1. The highest BCUT2D eigenvalue weighted by Gasteiger charge is 2.17. The Labute approximate surface area is 155 Å². The molecule has 9 heteroatoms. The number of hydrogen-bond acceptors (Lipinski definition) is 7. The molecule has 140 valence electrons. The third-order valence-electron chi connectivity index (χ3n) is 3.58. The zero-order valence-corrected chi connectivity index (χ0v) is 15.2. The molecule has 0 atom stereocenters.